The highest BCUT2D eigenvalue weighted by Gasteiger charge is 2.41. The van der Waals surface area contributed by atoms with Crippen molar-refractivity contribution in [3.63, 3.8) is 0 Å². The van der Waals surface area contributed by atoms with Crippen LogP contribution in [0.25, 0.3) is 0 Å². The van der Waals surface area contributed by atoms with Gasteiger partial charge in [0.2, 0.25) is 11.8 Å². The maximum Gasteiger partial charge on any atom is 0.255 e. The third kappa shape index (κ3) is 3.38. The molecular weight excluding hydrogens is 344 g/mol. The second-order valence-electron chi connectivity index (χ2n) is 7.86. The van der Waals surface area contributed by atoms with Crippen LogP contribution in [0.3, 0.4) is 0 Å². The van der Waals surface area contributed by atoms with Gasteiger partial charge in [0, 0.05) is 31.1 Å². The van der Waals surface area contributed by atoms with Crippen LogP contribution in [0, 0.1) is 0 Å². The second kappa shape index (κ2) is 6.87. The van der Waals surface area contributed by atoms with E-state index in [0.29, 0.717) is 24.9 Å². The first-order valence-electron chi connectivity index (χ1n) is 9.77. The van der Waals surface area contributed by atoms with Crippen molar-refractivity contribution in [3.05, 3.63) is 29.8 Å². The quantitative estimate of drug-likeness (QED) is 0.754. The lowest BCUT2D eigenvalue weighted by molar-refractivity contribution is -0.139. The van der Waals surface area contributed by atoms with Crippen LogP contribution in [0.15, 0.2) is 24.3 Å². The van der Waals surface area contributed by atoms with E-state index >= 15 is 0 Å². The summed E-state index contributed by atoms with van der Waals surface area (Å²) in [6.07, 6.45) is 4.53. The molecule has 0 aromatic heterocycles. The lowest BCUT2D eigenvalue weighted by Crippen LogP contribution is -2.58. The Morgan fingerprint density at radius 2 is 2.00 bits per heavy atom. The van der Waals surface area contributed by atoms with E-state index in [9.17, 15) is 14.4 Å². The molecule has 0 unspecified atom stereocenters. The number of carbonyl (C=O) groups excluding carboxylic acids is 3. The number of benzene rings is 1. The summed E-state index contributed by atoms with van der Waals surface area (Å²) in [5, 5.41) is 9.52. The van der Waals surface area contributed by atoms with Gasteiger partial charge < -0.3 is 20.9 Å². The third-order valence-electron chi connectivity index (χ3n) is 6.06. The maximum absolute atomic E-state index is 12.7. The zero-order chi connectivity index (χ0) is 19.0. The van der Waals surface area contributed by atoms with Gasteiger partial charge in [-0.15, -0.1) is 0 Å². The van der Waals surface area contributed by atoms with E-state index in [0.717, 1.165) is 24.9 Å². The molecule has 1 aromatic carbocycles. The fraction of sp³-hybridized carbons (Fsp3) is 0.550. The van der Waals surface area contributed by atoms with E-state index in [1.165, 1.54) is 0 Å². The summed E-state index contributed by atoms with van der Waals surface area (Å²) in [6, 6.07) is 7.14. The maximum atomic E-state index is 12.7. The predicted octanol–water partition coefficient (Wildman–Crippen LogP) is 1.61. The van der Waals surface area contributed by atoms with Crippen LogP contribution in [-0.4, -0.2) is 46.9 Å². The molecule has 3 aliphatic rings. The zero-order valence-electron chi connectivity index (χ0n) is 15.6. The number of fused-ring (bicyclic) bond motifs is 1. The number of hydrogen-bond donors (Lipinski definition) is 3. The molecule has 2 fully saturated rings. The Bertz CT molecular complexity index is 776. The van der Waals surface area contributed by atoms with E-state index in [1.54, 1.807) is 17.9 Å². The number of nitrogens with zero attached hydrogens (tertiary/aromatic N) is 1. The summed E-state index contributed by atoms with van der Waals surface area (Å²) in [7, 11) is 0. The van der Waals surface area contributed by atoms with Gasteiger partial charge in [0.1, 0.15) is 11.7 Å². The molecule has 1 saturated heterocycles. The first kappa shape index (κ1) is 17.8. The summed E-state index contributed by atoms with van der Waals surface area (Å²) in [6.45, 7) is 2.21. The molecule has 0 bridgehead atoms. The molecule has 1 aromatic rings. The Labute approximate surface area is 158 Å². The van der Waals surface area contributed by atoms with E-state index in [-0.39, 0.29) is 30.2 Å². The van der Waals surface area contributed by atoms with Crippen molar-refractivity contribution in [2.24, 2.45) is 0 Å². The minimum absolute atomic E-state index is 0.0435. The minimum Gasteiger partial charge on any atom is -0.362 e. The summed E-state index contributed by atoms with van der Waals surface area (Å²) in [5.74, 6) is -0.256. The van der Waals surface area contributed by atoms with Crippen molar-refractivity contribution in [3.8, 4) is 0 Å². The summed E-state index contributed by atoms with van der Waals surface area (Å²) < 4.78 is 0. The van der Waals surface area contributed by atoms with Crippen LogP contribution in [0.1, 0.15) is 55.8 Å². The van der Waals surface area contributed by atoms with Crippen LogP contribution < -0.4 is 16.0 Å². The molecule has 144 valence electrons. The lowest BCUT2D eigenvalue weighted by atomic mass is 9.93. The third-order valence-corrected chi connectivity index (χ3v) is 6.06. The number of carbonyl (C=O) groups is 3. The van der Waals surface area contributed by atoms with Gasteiger partial charge in [0.25, 0.3) is 5.91 Å². The molecule has 4 rings (SSSR count). The van der Waals surface area contributed by atoms with E-state index in [4.69, 9.17) is 0 Å². The van der Waals surface area contributed by atoms with E-state index in [1.807, 2.05) is 18.2 Å². The molecule has 1 aliphatic carbocycles. The van der Waals surface area contributed by atoms with Gasteiger partial charge in [0.05, 0.1) is 5.56 Å². The number of para-hydroxylation sites is 1. The average molecular weight is 370 g/mol. The number of nitrogens with one attached hydrogen (secondary N) is 3. The molecule has 1 saturated carbocycles. The Balaban J connectivity index is 1.47. The second-order valence-corrected chi connectivity index (χ2v) is 7.86. The van der Waals surface area contributed by atoms with Gasteiger partial charge in [0.15, 0.2) is 0 Å². The molecule has 3 amide bonds. The topological polar surface area (TPSA) is 90.5 Å². The Morgan fingerprint density at radius 1 is 1.22 bits per heavy atom. The largest absolute Gasteiger partial charge is 0.362 e. The van der Waals surface area contributed by atoms with Crippen LogP contribution in [0.2, 0.25) is 0 Å². The monoisotopic (exact) mass is 370 g/mol. The van der Waals surface area contributed by atoms with Gasteiger partial charge >= 0.3 is 0 Å². The van der Waals surface area contributed by atoms with Crippen molar-refractivity contribution >= 4 is 23.4 Å². The first-order chi connectivity index (χ1) is 13.0. The van der Waals surface area contributed by atoms with Gasteiger partial charge in [-0.2, -0.15) is 0 Å². The molecule has 2 aliphatic heterocycles. The molecule has 0 radical (unpaired) electrons. The number of hydrogen-bond acceptors (Lipinski definition) is 4. The fourth-order valence-corrected chi connectivity index (χ4v) is 4.06. The van der Waals surface area contributed by atoms with E-state index < -0.39 is 11.7 Å². The highest BCUT2D eigenvalue weighted by atomic mass is 16.2. The van der Waals surface area contributed by atoms with Crippen LogP contribution in [0.4, 0.5) is 5.69 Å². The van der Waals surface area contributed by atoms with Crippen LogP contribution >= 0.6 is 0 Å². The van der Waals surface area contributed by atoms with Crippen LogP contribution in [0.5, 0.6) is 0 Å². The molecule has 2 atom stereocenters. The molecule has 2 heterocycles. The minimum atomic E-state index is -0.653. The molecule has 1 spiro atoms. The van der Waals surface area contributed by atoms with Gasteiger partial charge in [-0.05, 0) is 44.7 Å². The lowest BCUT2D eigenvalue weighted by Gasteiger charge is -2.40. The summed E-state index contributed by atoms with van der Waals surface area (Å²) in [5.41, 5.74) is 0.752. The highest BCUT2D eigenvalue weighted by molar-refractivity contribution is 6.02. The molecule has 3 N–H and O–H groups in total. The Kier molecular flexibility index (Phi) is 4.53. The Hall–Kier alpha value is -2.57. The fourth-order valence-electron chi connectivity index (χ4n) is 4.06. The van der Waals surface area contributed by atoms with E-state index in [2.05, 4.69) is 16.0 Å². The molecule has 7 heteroatoms. The molecule has 7 nitrogen and oxygen atoms in total. The van der Waals surface area contributed by atoms with Gasteiger partial charge in [-0.3, -0.25) is 14.4 Å². The van der Waals surface area contributed by atoms with Crippen molar-refractivity contribution < 1.29 is 14.4 Å². The first-order valence-corrected chi connectivity index (χ1v) is 9.77. The smallest absolute Gasteiger partial charge is 0.255 e. The SMILES string of the molecule is C[C@@H](C(=O)NC1CCC1)N1CC[C@@]2(CCC1=O)NC(=O)c1ccccc1N2. The number of likely N-dealkylation sites (tertiary alicyclic amines) is 1. The standard InChI is InChI=1S/C20H26N4O3/c1-13(18(26)21-14-5-4-6-14)24-12-11-20(10-9-17(24)25)22-16-8-3-2-7-15(16)19(27)23-20/h2-3,7-8,13-14,22H,4-6,9-12H2,1H3,(H,21,26)(H,23,27)/t13-,20+/m0/s1. The molecular formula is C20H26N4O3. The van der Waals surface area contributed by atoms with Gasteiger partial charge in [-0.25, -0.2) is 0 Å². The average Bonchev–Trinajstić information content (AvgIpc) is 2.77. The van der Waals surface area contributed by atoms with Crippen molar-refractivity contribution in [1.82, 2.24) is 15.5 Å². The van der Waals surface area contributed by atoms with Gasteiger partial charge in [-0.1, -0.05) is 12.1 Å². The Morgan fingerprint density at radius 3 is 2.74 bits per heavy atom. The predicted molar refractivity (Wildman–Crippen MR) is 101 cm³/mol. The van der Waals surface area contributed by atoms with Crippen molar-refractivity contribution in [2.75, 3.05) is 11.9 Å². The normalized spacial score (nSPS) is 26.3. The van der Waals surface area contributed by atoms with Crippen molar-refractivity contribution in [2.45, 2.75) is 63.2 Å². The number of anilines is 1. The van der Waals surface area contributed by atoms with Crippen LogP contribution in [-0.2, 0) is 9.59 Å². The number of rotatable bonds is 3. The highest BCUT2D eigenvalue weighted by Crippen LogP contribution is 2.32. The zero-order valence-corrected chi connectivity index (χ0v) is 15.6. The number of amides is 3. The van der Waals surface area contributed by atoms with Crippen molar-refractivity contribution in [1.29, 1.82) is 0 Å². The summed E-state index contributed by atoms with van der Waals surface area (Å²) in [4.78, 5) is 39.4. The molecule has 27 heavy (non-hydrogen) atoms. The summed E-state index contributed by atoms with van der Waals surface area (Å²) >= 11 is 0.